The number of hydrogen-bond donors (Lipinski definition) is 0. The molecule has 1 aromatic carbocycles. The summed E-state index contributed by atoms with van der Waals surface area (Å²) in [6, 6.07) is 5.45. The minimum atomic E-state index is -0.102. The molecule has 0 radical (unpaired) electrons. The van der Waals surface area contributed by atoms with Crippen LogP contribution in [0.5, 0.6) is 11.5 Å². The fraction of sp³-hybridized carbons (Fsp3) is 0.350. The number of fused-ring (bicyclic) bond motifs is 3. The van der Waals surface area contributed by atoms with E-state index in [4.69, 9.17) is 9.47 Å². The van der Waals surface area contributed by atoms with Crippen LogP contribution >= 0.6 is 11.3 Å². The van der Waals surface area contributed by atoms with Gasteiger partial charge in [-0.2, -0.15) is 9.78 Å². The van der Waals surface area contributed by atoms with Crippen LogP contribution in [0.4, 0.5) is 0 Å². The van der Waals surface area contributed by atoms with Gasteiger partial charge in [-0.1, -0.05) is 0 Å². The van der Waals surface area contributed by atoms with Crippen molar-refractivity contribution in [2.75, 3.05) is 14.2 Å². The largest absolute Gasteiger partial charge is 0.497 e. The normalized spacial score (nSPS) is 13.9. The van der Waals surface area contributed by atoms with Gasteiger partial charge in [-0.25, -0.2) is 4.98 Å². The number of ether oxygens (including phenoxy) is 2. The van der Waals surface area contributed by atoms with Crippen LogP contribution in [0.3, 0.4) is 0 Å². The predicted octanol–water partition coefficient (Wildman–Crippen LogP) is 3.54. The number of aryl methyl sites for hydroxylation is 3. The highest BCUT2D eigenvalue weighted by atomic mass is 32.1. The molecule has 0 saturated carbocycles. The lowest BCUT2D eigenvalue weighted by Gasteiger charge is -2.10. The molecule has 0 amide bonds. The van der Waals surface area contributed by atoms with E-state index in [1.165, 1.54) is 21.5 Å². The minimum absolute atomic E-state index is 0.102. The zero-order valence-electron chi connectivity index (χ0n) is 15.6. The molecular weight excluding hydrogens is 362 g/mol. The highest BCUT2D eigenvalue weighted by Gasteiger charge is 2.21. The summed E-state index contributed by atoms with van der Waals surface area (Å²) in [4.78, 5) is 19.9. The molecule has 6 nitrogen and oxygen atoms in total. The molecule has 0 bridgehead atoms. The van der Waals surface area contributed by atoms with Gasteiger partial charge in [0.15, 0.2) is 0 Å². The first-order valence-electron chi connectivity index (χ1n) is 8.92. The maximum absolute atomic E-state index is 13.1. The third-order valence-corrected chi connectivity index (χ3v) is 6.06. The SMILES string of the molecule is COc1ccc(OC)c(/C=N\n2c(C)nc3sc4c(c3c2=O)CCCC4)c1. The van der Waals surface area contributed by atoms with Crippen molar-refractivity contribution in [2.24, 2.45) is 5.10 Å². The summed E-state index contributed by atoms with van der Waals surface area (Å²) >= 11 is 1.65. The van der Waals surface area contributed by atoms with Crippen molar-refractivity contribution >= 4 is 27.8 Å². The predicted molar refractivity (Wildman–Crippen MR) is 108 cm³/mol. The van der Waals surface area contributed by atoms with Crippen molar-refractivity contribution in [3.8, 4) is 11.5 Å². The van der Waals surface area contributed by atoms with E-state index in [2.05, 4.69) is 10.1 Å². The van der Waals surface area contributed by atoms with Crippen LogP contribution in [0, 0.1) is 6.92 Å². The van der Waals surface area contributed by atoms with Crippen LogP contribution in [0.1, 0.15) is 34.7 Å². The number of methoxy groups -OCH3 is 2. The molecule has 0 fully saturated rings. The highest BCUT2D eigenvalue weighted by Crippen LogP contribution is 2.33. The van der Waals surface area contributed by atoms with Gasteiger partial charge in [-0.15, -0.1) is 11.3 Å². The average molecular weight is 383 g/mol. The van der Waals surface area contributed by atoms with E-state index in [0.29, 0.717) is 17.3 Å². The molecule has 0 unspecified atom stereocenters. The topological polar surface area (TPSA) is 65.7 Å². The van der Waals surface area contributed by atoms with Crippen LogP contribution in [0.15, 0.2) is 28.1 Å². The Bertz CT molecular complexity index is 1100. The summed E-state index contributed by atoms with van der Waals surface area (Å²) in [6.45, 7) is 1.81. The van der Waals surface area contributed by atoms with Crippen LogP contribution in [-0.4, -0.2) is 30.1 Å². The molecular formula is C20H21N3O3S. The first-order chi connectivity index (χ1) is 13.1. The maximum Gasteiger partial charge on any atom is 0.283 e. The van der Waals surface area contributed by atoms with E-state index in [-0.39, 0.29) is 5.56 Å². The Labute approximate surface area is 161 Å². The third kappa shape index (κ3) is 3.12. The Morgan fingerprint density at radius 1 is 1.22 bits per heavy atom. The zero-order valence-corrected chi connectivity index (χ0v) is 16.4. The molecule has 0 N–H and O–H groups in total. The van der Waals surface area contributed by atoms with Gasteiger partial charge >= 0.3 is 0 Å². The van der Waals surface area contributed by atoms with Crippen molar-refractivity contribution in [3.05, 3.63) is 50.4 Å². The van der Waals surface area contributed by atoms with Gasteiger partial charge in [0.1, 0.15) is 22.2 Å². The maximum atomic E-state index is 13.1. The second-order valence-electron chi connectivity index (χ2n) is 6.52. The van der Waals surface area contributed by atoms with E-state index in [1.54, 1.807) is 38.7 Å². The molecule has 0 aliphatic heterocycles. The van der Waals surface area contributed by atoms with Crippen molar-refractivity contribution in [2.45, 2.75) is 32.6 Å². The zero-order chi connectivity index (χ0) is 19.0. The van der Waals surface area contributed by atoms with Gasteiger partial charge in [-0.05, 0) is 56.4 Å². The summed E-state index contributed by atoms with van der Waals surface area (Å²) in [5, 5.41) is 5.16. The molecule has 0 saturated heterocycles. The summed E-state index contributed by atoms with van der Waals surface area (Å²) in [5.74, 6) is 1.93. The first kappa shape index (κ1) is 17.7. The van der Waals surface area contributed by atoms with Gasteiger partial charge in [-0.3, -0.25) is 4.79 Å². The van der Waals surface area contributed by atoms with E-state index in [0.717, 1.165) is 35.0 Å². The van der Waals surface area contributed by atoms with Crippen molar-refractivity contribution in [3.63, 3.8) is 0 Å². The molecule has 4 rings (SSSR count). The average Bonchev–Trinajstić information content (AvgIpc) is 3.05. The number of benzene rings is 1. The van der Waals surface area contributed by atoms with Gasteiger partial charge < -0.3 is 9.47 Å². The standard InChI is InChI=1S/C20H21N3O3S/c1-12-22-19-18(15-6-4-5-7-17(15)27-19)20(24)23(12)21-11-13-10-14(25-2)8-9-16(13)26-3/h8-11H,4-7H2,1-3H3/b21-11-. The molecule has 0 spiro atoms. The fourth-order valence-corrected chi connectivity index (χ4v) is 4.79. The first-order valence-corrected chi connectivity index (χ1v) is 9.74. The molecule has 140 valence electrons. The highest BCUT2D eigenvalue weighted by molar-refractivity contribution is 7.18. The minimum Gasteiger partial charge on any atom is -0.497 e. The summed E-state index contributed by atoms with van der Waals surface area (Å²) in [6.07, 6.45) is 5.90. The number of thiophene rings is 1. The molecule has 27 heavy (non-hydrogen) atoms. The van der Waals surface area contributed by atoms with E-state index < -0.39 is 0 Å². The quantitative estimate of drug-likeness (QED) is 0.647. The molecule has 1 aliphatic rings. The second-order valence-corrected chi connectivity index (χ2v) is 7.60. The lowest BCUT2D eigenvalue weighted by atomic mass is 9.97. The molecule has 2 heterocycles. The molecule has 2 aromatic heterocycles. The molecule has 3 aromatic rings. The van der Waals surface area contributed by atoms with Crippen LogP contribution < -0.4 is 15.0 Å². The summed E-state index contributed by atoms with van der Waals surface area (Å²) < 4.78 is 12.0. The van der Waals surface area contributed by atoms with Crippen molar-refractivity contribution in [1.29, 1.82) is 0 Å². The van der Waals surface area contributed by atoms with Crippen molar-refractivity contribution in [1.82, 2.24) is 9.66 Å². The second kappa shape index (κ2) is 7.15. The number of nitrogens with zero attached hydrogens (tertiary/aromatic N) is 3. The summed E-state index contributed by atoms with van der Waals surface area (Å²) in [5.41, 5.74) is 1.80. The molecule has 0 atom stereocenters. The smallest absolute Gasteiger partial charge is 0.283 e. The number of hydrogen-bond acceptors (Lipinski definition) is 6. The number of rotatable bonds is 4. The lowest BCUT2D eigenvalue weighted by molar-refractivity contribution is 0.402. The van der Waals surface area contributed by atoms with Crippen LogP contribution in [-0.2, 0) is 12.8 Å². The van der Waals surface area contributed by atoms with Gasteiger partial charge in [0.05, 0.1) is 25.8 Å². The third-order valence-electron chi connectivity index (χ3n) is 4.88. The fourth-order valence-electron chi connectivity index (χ4n) is 3.49. The molecule has 7 heteroatoms. The Hall–Kier alpha value is -2.67. The Morgan fingerprint density at radius 3 is 2.81 bits per heavy atom. The van der Waals surface area contributed by atoms with Crippen LogP contribution in [0.2, 0.25) is 0 Å². The summed E-state index contributed by atoms with van der Waals surface area (Å²) in [7, 11) is 3.21. The van der Waals surface area contributed by atoms with E-state index in [1.807, 2.05) is 18.2 Å². The molecule has 1 aliphatic carbocycles. The monoisotopic (exact) mass is 383 g/mol. The van der Waals surface area contributed by atoms with Crippen LogP contribution in [0.25, 0.3) is 10.2 Å². The van der Waals surface area contributed by atoms with E-state index in [9.17, 15) is 4.79 Å². The Balaban J connectivity index is 1.83. The Morgan fingerprint density at radius 2 is 2.04 bits per heavy atom. The number of aromatic nitrogens is 2. The lowest BCUT2D eigenvalue weighted by Crippen LogP contribution is -2.21. The van der Waals surface area contributed by atoms with Gasteiger partial charge in [0, 0.05) is 10.4 Å². The van der Waals surface area contributed by atoms with Gasteiger partial charge in [0.25, 0.3) is 5.56 Å². The van der Waals surface area contributed by atoms with Gasteiger partial charge in [0.2, 0.25) is 0 Å². The van der Waals surface area contributed by atoms with Crippen molar-refractivity contribution < 1.29 is 9.47 Å². The van der Waals surface area contributed by atoms with E-state index >= 15 is 0 Å². The Kier molecular flexibility index (Phi) is 4.70.